The summed E-state index contributed by atoms with van der Waals surface area (Å²) < 4.78 is 7.09. The number of cyclic esters (lactones) is 1. The number of amides is 1. The SMILES string of the molecule is CCCn1c(CN)nnc1SCC1CNC(=O)O1. The molecule has 0 saturated carbocycles. The number of rotatable bonds is 6. The molecule has 18 heavy (non-hydrogen) atoms. The van der Waals surface area contributed by atoms with Crippen LogP contribution in [-0.2, 0) is 17.8 Å². The first-order valence-electron chi connectivity index (χ1n) is 5.94. The van der Waals surface area contributed by atoms with Crippen LogP contribution < -0.4 is 11.1 Å². The van der Waals surface area contributed by atoms with Gasteiger partial charge in [0.2, 0.25) is 0 Å². The second kappa shape index (κ2) is 6.05. The number of thioether (sulfide) groups is 1. The summed E-state index contributed by atoms with van der Waals surface area (Å²) in [6, 6.07) is 0. The first-order valence-corrected chi connectivity index (χ1v) is 6.92. The average Bonchev–Trinajstić information content (AvgIpc) is 2.94. The van der Waals surface area contributed by atoms with Gasteiger partial charge in [-0.1, -0.05) is 18.7 Å². The van der Waals surface area contributed by atoms with Crippen LogP contribution in [0.1, 0.15) is 19.2 Å². The van der Waals surface area contributed by atoms with Crippen LogP contribution in [0, 0.1) is 0 Å². The fourth-order valence-corrected chi connectivity index (χ4v) is 2.69. The molecule has 0 spiro atoms. The van der Waals surface area contributed by atoms with Crippen molar-refractivity contribution in [3.8, 4) is 0 Å². The molecule has 1 aromatic rings. The van der Waals surface area contributed by atoms with Crippen LogP contribution in [0.25, 0.3) is 0 Å². The van der Waals surface area contributed by atoms with E-state index in [-0.39, 0.29) is 12.2 Å². The maximum Gasteiger partial charge on any atom is 0.407 e. The second-order valence-electron chi connectivity index (χ2n) is 3.97. The van der Waals surface area contributed by atoms with E-state index < -0.39 is 0 Å². The van der Waals surface area contributed by atoms with Gasteiger partial charge in [0.05, 0.1) is 13.1 Å². The molecule has 1 amide bonds. The monoisotopic (exact) mass is 271 g/mol. The molecule has 1 unspecified atom stereocenters. The van der Waals surface area contributed by atoms with Crippen molar-refractivity contribution in [1.82, 2.24) is 20.1 Å². The standard InChI is InChI=1S/C10H17N5O2S/c1-2-3-15-8(4-11)13-14-9(15)18-6-7-5-12-10(16)17-7/h7H,2-6,11H2,1H3,(H,12,16). The number of nitrogens with zero attached hydrogens (tertiary/aromatic N) is 3. The summed E-state index contributed by atoms with van der Waals surface area (Å²) in [5.41, 5.74) is 5.62. The predicted molar refractivity (Wildman–Crippen MR) is 67.2 cm³/mol. The number of carbonyl (C=O) groups is 1. The summed E-state index contributed by atoms with van der Waals surface area (Å²) in [4.78, 5) is 10.9. The second-order valence-corrected chi connectivity index (χ2v) is 4.96. The molecular formula is C10H17N5O2S. The summed E-state index contributed by atoms with van der Waals surface area (Å²) in [6.07, 6.45) is 0.548. The molecule has 1 aliphatic heterocycles. The Morgan fingerprint density at radius 2 is 2.44 bits per heavy atom. The van der Waals surface area contributed by atoms with Gasteiger partial charge < -0.3 is 20.4 Å². The van der Waals surface area contributed by atoms with Gasteiger partial charge >= 0.3 is 6.09 Å². The smallest absolute Gasteiger partial charge is 0.407 e. The normalized spacial score (nSPS) is 18.8. The van der Waals surface area contributed by atoms with Gasteiger partial charge in [0.25, 0.3) is 0 Å². The molecule has 0 aliphatic carbocycles. The van der Waals surface area contributed by atoms with Crippen LogP contribution in [0.3, 0.4) is 0 Å². The molecule has 2 rings (SSSR count). The Morgan fingerprint density at radius 1 is 1.61 bits per heavy atom. The Bertz CT molecular complexity index is 422. The van der Waals surface area contributed by atoms with Crippen LogP contribution in [0.2, 0.25) is 0 Å². The highest BCUT2D eigenvalue weighted by atomic mass is 32.2. The van der Waals surface area contributed by atoms with Crippen LogP contribution in [0.15, 0.2) is 5.16 Å². The van der Waals surface area contributed by atoms with E-state index >= 15 is 0 Å². The van der Waals surface area contributed by atoms with E-state index in [4.69, 9.17) is 10.5 Å². The van der Waals surface area contributed by atoms with Gasteiger partial charge in [-0.3, -0.25) is 0 Å². The van der Waals surface area contributed by atoms with Crippen molar-refractivity contribution in [2.24, 2.45) is 5.73 Å². The number of nitrogens with two attached hydrogens (primary N) is 1. The molecule has 0 aromatic carbocycles. The number of hydrogen-bond donors (Lipinski definition) is 2. The molecule has 1 atom stereocenters. The summed E-state index contributed by atoms with van der Waals surface area (Å²) in [5.74, 6) is 1.46. The van der Waals surface area contributed by atoms with Crippen LogP contribution in [-0.4, -0.2) is 39.3 Å². The van der Waals surface area contributed by atoms with E-state index in [2.05, 4.69) is 22.4 Å². The minimum atomic E-state index is -0.349. The number of alkyl carbamates (subject to hydrolysis) is 1. The highest BCUT2D eigenvalue weighted by molar-refractivity contribution is 7.99. The topological polar surface area (TPSA) is 95.1 Å². The van der Waals surface area contributed by atoms with Crippen LogP contribution >= 0.6 is 11.8 Å². The molecular weight excluding hydrogens is 254 g/mol. The summed E-state index contributed by atoms with van der Waals surface area (Å²) in [7, 11) is 0. The van der Waals surface area contributed by atoms with E-state index in [1.165, 1.54) is 11.8 Å². The zero-order chi connectivity index (χ0) is 13.0. The lowest BCUT2D eigenvalue weighted by Crippen LogP contribution is -2.17. The molecule has 1 aliphatic rings. The number of ether oxygens (including phenoxy) is 1. The maximum atomic E-state index is 10.9. The zero-order valence-corrected chi connectivity index (χ0v) is 11.1. The van der Waals surface area contributed by atoms with Crippen molar-refractivity contribution < 1.29 is 9.53 Å². The van der Waals surface area contributed by atoms with Gasteiger partial charge in [-0.15, -0.1) is 10.2 Å². The quantitative estimate of drug-likeness (QED) is 0.725. The first-order chi connectivity index (χ1) is 8.74. The van der Waals surface area contributed by atoms with Crippen LogP contribution in [0.5, 0.6) is 0 Å². The Morgan fingerprint density at radius 3 is 3.06 bits per heavy atom. The third-order valence-electron chi connectivity index (χ3n) is 2.57. The lowest BCUT2D eigenvalue weighted by molar-refractivity contribution is 0.150. The largest absolute Gasteiger partial charge is 0.443 e. The fraction of sp³-hybridized carbons (Fsp3) is 0.700. The molecule has 0 radical (unpaired) electrons. The highest BCUT2D eigenvalue weighted by Gasteiger charge is 2.23. The molecule has 7 nitrogen and oxygen atoms in total. The van der Waals surface area contributed by atoms with Crippen molar-refractivity contribution in [3.05, 3.63) is 5.82 Å². The predicted octanol–water partition coefficient (Wildman–Crippen LogP) is 0.347. The van der Waals surface area contributed by atoms with Crippen molar-refractivity contribution in [2.75, 3.05) is 12.3 Å². The fourth-order valence-electron chi connectivity index (χ4n) is 1.72. The van der Waals surface area contributed by atoms with E-state index in [0.717, 1.165) is 23.9 Å². The van der Waals surface area contributed by atoms with E-state index in [1.807, 2.05) is 4.57 Å². The first kappa shape index (κ1) is 13.2. The number of carbonyl (C=O) groups excluding carboxylic acids is 1. The van der Waals surface area contributed by atoms with E-state index in [0.29, 0.717) is 18.8 Å². The molecule has 2 heterocycles. The number of hydrogen-bond acceptors (Lipinski definition) is 6. The van der Waals surface area contributed by atoms with Crippen molar-refractivity contribution in [2.45, 2.75) is 37.7 Å². The average molecular weight is 271 g/mol. The van der Waals surface area contributed by atoms with Gasteiger partial charge in [0.15, 0.2) is 5.16 Å². The molecule has 1 fully saturated rings. The molecule has 1 saturated heterocycles. The van der Waals surface area contributed by atoms with Crippen molar-refractivity contribution in [3.63, 3.8) is 0 Å². The Hall–Kier alpha value is -1.28. The Labute approximate surface area is 109 Å². The zero-order valence-electron chi connectivity index (χ0n) is 10.3. The molecule has 1 aromatic heterocycles. The van der Waals surface area contributed by atoms with Gasteiger partial charge in [-0.25, -0.2) is 4.79 Å². The minimum absolute atomic E-state index is 0.101. The lowest BCUT2D eigenvalue weighted by atomic mass is 10.4. The third kappa shape index (κ3) is 2.94. The molecule has 8 heteroatoms. The summed E-state index contributed by atoms with van der Waals surface area (Å²) >= 11 is 1.54. The lowest BCUT2D eigenvalue weighted by Gasteiger charge is -2.09. The van der Waals surface area contributed by atoms with E-state index in [9.17, 15) is 4.79 Å². The highest BCUT2D eigenvalue weighted by Crippen LogP contribution is 2.20. The number of aromatic nitrogens is 3. The molecule has 3 N–H and O–H groups in total. The molecule has 0 bridgehead atoms. The summed E-state index contributed by atoms with van der Waals surface area (Å²) in [6.45, 7) is 3.88. The third-order valence-corrected chi connectivity index (χ3v) is 3.67. The van der Waals surface area contributed by atoms with Crippen molar-refractivity contribution in [1.29, 1.82) is 0 Å². The van der Waals surface area contributed by atoms with Crippen molar-refractivity contribution >= 4 is 17.9 Å². The van der Waals surface area contributed by atoms with Gasteiger partial charge in [0.1, 0.15) is 11.9 Å². The number of nitrogens with one attached hydrogen (secondary N) is 1. The minimum Gasteiger partial charge on any atom is -0.443 e. The van der Waals surface area contributed by atoms with Crippen LogP contribution in [0.4, 0.5) is 4.79 Å². The van der Waals surface area contributed by atoms with Gasteiger partial charge in [-0.05, 0) is 6.42 Å². The summed E-state index contributed by atoms with van der Waals surface area (Å²) in [5, 5.41) is 11.6. The van der Waals surface area contributed by atoms with Gasteiger partial charge in [0, 0.05) is 12.3 Å². The van der Waals surface area contributed by atoms with Gasteiger partial charge in [-0.2, -0.15) is 0 Å². The Kier molecular flexibility index (Phi) is 4.43. The maximum absolute atomic E-state index is 10.9. The van der Waals surface area contributed by atoms with E-state index in [1.54, 1.807) is 0 Å². The Balaban J connectivity index is 1.96. The molecule has 100 valence electrons.